The predicted octanol–water partition coefficient (Wildman–Crippen LogP) is 1.10. The van der Waals surface area contributed by atoms with E-state index in [1.165, 1.54) is 6.42 Å². The van der Waals surface area contributed by atoms with E-state index in [2.05, 4.69) is 22.5 Å². The van der Waals surface area contributed by atoms with Crippen molar-refractivity contribution in [1.29, 1.82) is 0 Å². The van der Waals surface area contributed by atoms with Gasteiger partial charge in [0.15, 0.2) is 0 Å². The molecule has 2 amide bonds. The maximum Gasteiger partial charge on any atom is 0.315 e. The van der Waals surface area contributed by atoms with Crippen molar-refractivity contribution in [2.45, 2.75) is 44.7 Å². The Morgan fingerprint density at radius 1 is 1.30 bits per heavy atom. The molecule has 5 heteroatoms. The Bertz CT molecular complexity index is 338. The Morgan fingerprint density at radius 2 is 2.05 bits per heavy atom. The number of rotatable bonds is 5. The molecule has 3 N–H and O–H groups in total. The number of likely N-dealkylation sites (tertiary alicyclic amines) is 1. The summed E-state index contributed by atoms with van der Waals surface area (Å²) in [5.41, 5.74) is 0. The Morgan fingerprint density at radius 3 is 2.65 bits per heavy atom. The molecule has 0 unspecified atom stereocenters. The van der Waals surface area contributed by atoms with Crippen molar-refractivity contribution in [2.75, 3.05) is 26.2 Å². The van der Waals surface area contributed by atoms with E-state index in [1.54, 1.807) is 0 Å². The molecule has 0 spiro atoms. The zero-order valence-corrected chi connectivity index (χ0v) is 12.3. The number of amides is 2. The minimum atomic E-state index is -0.0767. The fraction of sp³-hybridized carbons (Fsp3) is 0.800. The molecule has 5 nitrogen and oxygen atoms in total. The molecule has 0 bridgehead atoms. The number of aliphatic hydroxyl groups is 1. The number of aliphatic hydroxyl groups excluding tert-OH is 1. The molecule has 1 aliphatic carbocycles. The van der Waals surface area contributed by atoms with Crippen LogP contribution >= 0.6 is 0 Å². The standard InChI is InChI=1S/C15H27N3O2/c1-2-7-18-8-5-13(6-9-18)16-15(20)17-14-4-3-12(10-14)11-19/h3-4,12-14,19H,2,5-11H2,1H3,(H2,16,17,20)/t12-,14+/m0/s1. The fourth-order valence-electron chi connectivity index (χ4n) is 3.03. The number of nitrogens with one attached hydrogen (secondary N) is 2. The van der Waals surface area contributed by atoms with E-state index in [0.29, 0.717) is 6.04 Å². The molecule has 0 aromatic heterocycles. The van der Waals surface area contributed by atoms with Crippen LogP contribution in [0.2, 0.25) is 0 Å². The van der Waals surface area contributed by atoms with Gasteiger partial charge in [0.2, 0.25) is 0 Å². The van der Waals surface area contributed by atoms with Crippen molar-refractivity contribution in [2.24, 2.45) is 5.92 Å². The van der Waals surface area contributed by atoms with Gasteiger partial charge in [0.05, 0.1) is 0 Å². The van der Waals surface area contributed by atoms with Crippen LogP contribution in [0.25, 0.3) is 0 Å². The Kier molecular flexibility index (Phi) is 5.86. The van der Waals surface area contributed by atoms with Crippen molar-refractivity contribution >= 4 is 6.03 Å². The highest BCUT2D eigenvalue weighted by Crippen LogP contribution is 2.17. The average molecular weight is 281 g/mol. The lowest BCUT2D eigenvalue weighted by Gasteiger charge is -2.32. The SMILES string of the molecule is CCCN1CCC(NC(=O)N[C@@H]2C=C[C@H](CO)C2)CC1. The Balaban J connectivity index is 1.64. The van der Waals surface area contributed by atoms with Gasteiger partial charge in [0.1, 0.15) is 0 Å². The van der Waals surface area contributed by atoms with Crippen molar-refractivity contribution in [3.8, 4) is 0 Å². The number of piperidine rings is 1. The zero-order chi connectivity index (χ0) is 14.4. The van der Waals surface area contributed by atoms with Crippen LogP contribution in [0.15, 0.2) is 12.2 Å². The normalized spacial score (nSPS) is 27.7. The highest BCUT2D eigenvalue weighted by atomic mass is 16.3. The Hall–Kier alpha value is -1.07. The molecule has 0 aromatic rings. The van der Waals surface area contributed by atoms with E-state index in [1.807, 2.05) is 12.2 Å². The number of nitrogens with zero attached hydrogens (tertiary/aromatic N) is 1. The first kappa shape index (κ1) is 15.3. The van der Waals surface area contributed by atoms with Gasteiger partial charge in [0, 0.05) is 37.7 Å². The van der Waals surface area contributed by atoms with Gasteiger partial charge in [-0.15, -0.1) is 0 Å². The van der Waals surface area contributed by atoms with Crippen LogP contribution in [0.1, 0.15) is 32.6 Å². The first-order chi connectivity index (χ1) is 9.71. The van der Waals surface area contributed by atoms with E-state index < -0.39 is 0 Å². The average Bonchev–Trinajstić information content (AvgIpc) is 2.89. The summed E-state index contributed by atoms with van der Waals surface area (Å²) in [7, 11) is 0. The molecule has 20 heavy (non-hydrogen) atoms. The van der Waals surface area contributed by atoms with E-state index >= 15 is 0 Å². The molecular weight excluding hydrogens is 254 g/mol. The summed E-state index contributed by atoms with van der Waals surface area (Å²) in [6.45, 7) is 5.68. The smallest absolute Gasteiger partial charge is 0.315 e. The minimum Gasteiger partial charge on any atom is -0.396 e. The summed E-state index contributed by atoms with van der Waals surface area (Å²) in [6.07, 6.45) is 8.02. The highest BCUT2D eigenvalue weighted by molar-refractivity contribution is 5.74. The quantitative estimate of drug-likeness (QED) is 0.661. The van der Waals surface area contributed by atoms with Crippen molar-refractivity contribution in [3.63, 3.8) is 0 Å². The molecule has 1 saturated heterocycles. The van der Waals surface area contributed by atoms with Crippen LogP contribution in [0.4, 0.5) is 4.79 Å². The summed E-state index contributed by atoms with van der Waals surface area (Å²) in [5, 5.41) is 15.1. The lowest BCUT2D eigenvalue weighted by molar-refractivity contribution is 0.191. The second kappa shape index (κ2) is 7.64. The summed E-state index contributed by atoms with van der Waals surface area (Å²) < 4.78 is 0. The van der Waals surface area contributed by atoms with E-state index in [-0.39, 0.29) is 24.6 Å². The molecule has 0 radical (unpaired) electrons. The molecule has 1 fully saturated rings. The number of carbonyl (C=O) groups is 1. The lowest BCUT2D eigenvalue weighted by atomic mass is 10.1. The van der Waals surface area contributed by atoms with Gasteiger partial charge in [-0.1, -0.05) is 19.1 Å². The van der Waals surface area contributed by atoms with Gasteiger partial charge in [-0.05, 0) is 32.2 Å². The van der Waals surface area contributed by atoms with Crippen LogP contribution < -0.4 is 10.6 Å². The second-order valence-electron chi connectivity index (χ2n) is 5.90. The number of hydrogen-bond donors (Lipinski definition) is 3. The topological polar surface area (TPSA) is 64.6 Å². The molecule has 2 aliphatic rings. The predicted molar refractivity (Wildman–Crippen MR) is 79.5 cm³/mol. The van der Waals surface area contributed by atoms with Crippen molar-refractivity contribution in [1.82, 2.24) is 15.5 Å². The largest absolute Gasteiger partial charge is 0.396 e. The monoisotopic (exact) mass is 281 g/mol. The maximum absolute atomic E-state index is 11.9. The van der Waals surface area contributed by atoms with Gasteiger partial charge < -0.3 is 20.6 Å². The fourth-order valence-corrected chi connectivity index (χ4v) is 3.03. The molecule has 1 aliphatic heterocycles. The third-order valence-electron chi connectivity index (χ3n) is 4.19. The first-order valence-electron chi connectivity index (χ1n) is 7.79. The zero-order valence-electron chi connectivity index (χ0n) is 12.3. The minimum absolute atomic E-state index is 0.0623. The van der Waals surface area contributed by atoms with Gasteiger partial charge in [-0.3, -0.25) is 0 Å². The van der Waals surface area contributed by atoms with Gasteiger partial charge in [-0.25, -0.2) is 4.79 Å². The first-order valence-corrected chi connectivity index (χ1v) is 7.79. The molecule has 2 rings (SSSR count). The number of urea groups is 1. The molecule has 0 saturated carbocycles. The highest BCUT2D eigenvalue weighted by Gasteiger charge is 2.23. The molecule has 1 heterocycles. The number of carbonyl (C=O) groups excluding carboxylic acids is 1. The molecule has 2 atom stereocenters. The summed E-state index contributed by atoms with van der Waals surface area (Å²) >= 11 is 0. The molecular formula is C15H27N3O2. The molecule has 0 aromatic carbocycles. The third kappa shape index (κ3) is 4.49. The summed E-state index contributed by atoms with van der Waals surface area (Å²) in [5.74, 6) is 0.192. The lowest BCUT2D eigenvalue weighted by Crippen LogP contribution is -2.49. The van der Waals surface area contributed by atoms with Crippen molar-refractivity contribution in [3.05, 3.63) is 12.2 Å². The van der Waals surface area contributed by atoms with Gasteiger partial charge >= 0.3 is 6.03 Å². The van der Waals surface area contributed by atoms with E-state index in [9.17, 15) is 4.79 Å². The van der Waals surface area contributed by atoms with Crippen LogP contribution in [0.3, 0.4) is 0 Å². The summed E-state index contributed by atoms with van der Waals surface area (Å²) in [4.78, 5) is 14.4. The van der Waals surface area contributed by atoms with Crippen LogP contribution in [0, 0.1) is 5.92 Å². The van der Waals surface area contributed by atoms with E-state index in [4.69, 9.17) is 5.11 Å². The van der Waals surface area contributed by atoms with Crippen molar-refractivity contribution < 1.29 is 9.90 Å². The van der Waals surface area contributed by atoms with Gasteiger partial charge in [0.25, 0.3) is 0 Å². The Labute approximate surface area is 121 Å². The van der Waals surface area contributed by atoms with Gasteiger partial charge in [-0.2, -0.15) is 0 Å². The number of hydrogen-bond acceptors (Lipinski definition) is 3. The van der Waals surface area contributed by atoms with Crippen LogP contribution in [0.5, 0.6) is 0 Å². The maximum atomic E-state index is 11.9. The van der Waals surface area contributed by atoms with E-state index in [0.717, 1.165) is 38.9 Å². The molecule has 114 valence electrons. The van der Waals surface area contributed by atoms with Crippen LogP contribution in [-0.4, -0.2) is 54.4 Å². The van der Waals surface area contributed by atoms with Crippen LogP contribution in [-0.2, 0) is 0 Å². The summed E-state index contributed by atoms with van der Waals surface area (Å²) in [6, 6.07) is 0.279. The third-order valence-corrected chi connectivity index (χ3v) is 4.19. The second-order valence-corrected chi connectivity index (χ2v) is 5.90.